The Labute approximate surface area is 96.1 Å². The Bertz CT molecular complexity index is 281. The SMILES string of the molecule is CC/C(C)=C/NC(=O)N1CCN(C=O)CC1. The van der Waals surface area contributed by atoms with E-state index in [4.69, 9.17) is 0 Å². The molecule has 1 fully saturated rings. The van der Waals surface area contributed by atoms with Gasteiger partial charge in [-0.3, -0.25) is 4.79 Å². The third-order valence-electron chi connectivity index (χ3n) is 2.75. The fourth-order valence-corrected chi connectivity index (χ4v) is 1.41. The maximum Gasteiger partial charge on any atom is 0.321 e. The number of carbonyl (C=O) groups is 2. The van der Waals surface area contributed by atoms with Crippen LogP contribution in [0.15, 0.2) is 11.8 Å². The van der Waals surface area contributed by atoms with Crippen LogP contribution < -0.4 is 5.32 Å². The summed E-state index contributed by atoms with van der Waals surface area (Å²) in [5.74, 6) is 0. The molecule has 5 heteroatoms. The number of allylic oxidation sites excluding steroid dienone is 1. The van der Waals surface area contributed by atoms with Gasteiger partial charge in [-0.1, -0.05) is 12.5 Å². The van der Waals surface area contributed by atoms with Crippen molar-refractivity contribution in [1.82, 2.24) is 15.1 Å². The normalized spacial score (nSPS) is 17.2. The Morgan fingerprint density at radius 1 is 1.31 bits per heavy atom. The van der Waals surface area contributed by atoms with Crippen molar-refractivity contribution < 1.29 is 9.59 Å². The van der Waals surface area contributed by atoms with Crippen molar-refractivity contribution >= 4 is 12.4 Å². The summed E-state index contributed by atoms with van der Waals surface area (Å²) in [6.07, 6.45) is 3.50. The standard InChI is InChI=1S/C11H19N3O2/c1-3-10(2)8-12-11(16)14-6-4-13(9-15)5-7-14/h8-9H,3-7H2,1-2H3,(H,12,16)/b10-8+. The van der Waals surface area contributed by atoms with Gasteiger partial charge in [-0.2, -0.15) is 0 Å². The first-order chi connectivity index (χ1) is 7.67. The molecule has 0 aromatic heterocycles. The fraction of sp³-hybridized carbons (Fsp3) is 0.636. The summed E-state index contributed by atoms with van der Waals surface area (Å²) in [5.41, 5.74) is 1.14. The van der Waals surface area contributed by atoms with E-state index in [0.29, 0.717) is 26.2 Å². The highest BCUT2D eigenvalue weighted by Crippen LogP contribution is 2.00. The second kappa shape index (κ2) is 6.15. The average molecular weight is 225 g/mol. The van der Waals surface area contributed by atoms with E-state index in [1.807, 2.05) is 13.8 Å². The first-order valence-electron chi connectivity index (χ1n) is 5.57. The van der Waals surface area contributed by atoms with Crippen LogP contribution in [-0.4, -0.2) is 48.4 Å². The van der Waals surface area contributed by atoms with E-state index in [1.54, 1.807) is 16.0 Å². The van der Waals surface area contributed by atoms with Crippen LogP contribution in [0.4, 0.5) is 4.79 Å². The number of hydrogen-bond donors (Lipinski definition) is 1. The second-order valence-electron chi connectivity index (χ2n) is 3.92. The maximum absolute atomic E-state index is 11.7. The van der Waals surface area contributed by atoms with Gasteiger partial charge in [-0.05, 0) is 13.3 Å². The largest absolute Gasteiger partial charge is 0.342 e. The van der Waals surface area contributed by atoms with E-state index in [0.717, 1.165) is 18.4 Å². The lowest BCUT2D eigenvalue weighted by atomic mass is 10.2. The molecule has 1 heterocycles. The van der Waals surface area contributed by atoms with Crippen molar-refractivity contribution in [3.63, 3.8) is 0 Å². The molecule has 1 aliphatic heterocycles. The smallest absolute Gasteiger partial charge is 0.321 e. The molecule has 0 atom stereocenters. The van der Waals surface area contributed by atoms with Crippen molar-refractivity contribution in [1.29, 1.82) is 0 Å². The lowest BCUT2D eigenvalue weighted by molar-refractivity contribution is -0.119. The van der Waals surface area contributed by atoms with Crippen molar-refractivity contribution in [3.05, 3.63) is 11.8 Å². The monoisotopic (exact) mass is 225 g/mol. The number of urea groups is 1. The molecule has 90 valence electrons. The third-order valence-corrected chi connectivity index (χ3v) is 2.75. The number of rotatable bonds is 3. The summed E-state index contributed by atoms with van der Waals surface area (Å²) < 4.78 is 0. The van der Waals surface area contributed by atoms with Crippen LogP contribution in [0.3, 0.4) is 0 Å². The minimum atomic E-state index is -0.0849. The van der Waals surface area contributed by atoms with Gasteiger partial charge >= 0.3 is 6.03 Å². The van der Waals surface area contributed by atoms with Gasteiger partial charge in [-0.15, -0.1) is 0 Å². The van der Waals surface area contributed by atoms with Gasteiger partial charge < -0.3 is 15.1 Å². The zero-order valence-corrected chi connectivity index (χ0v) is 9.90. The summed E-state index contributed by atoms with van der Waals surface area (Å²) >= 11 is 0. The van der Waals surface area contributed by atoms with E-state index >= 15 is 0 Å². The van der Waals surface area contributed by atoms with Gasteiger partial charge in [0.1, 0.15) is 0 Å². The number of piperazine rings is 1. The molecule has 16 heavy (non-hydrogen) atoms. The van der Waals surface area contributed by atoms with E-state index in [-0.39, 0.29) is 6.03 Å². The molecule has 3 amide bonds. The first kappa shape index (κ1) is 12.5. The minimum Gasteiger partial charge on any atom is -0.342 e. The van der Waals surface area contributed by atoms with Gasteiger partial charge in [-0.25, -0.2) is 4.79 Å². The van der Waals surface area contributed by atoms with Crippen LogP contribution >= 0.6 is 0 Å². The van der Waals surface area contributed by atoms with Crippen LogP contribution in [0.2, 0.25) is 0 Å². The predicted octanol–water partition coefficient (Wildman–Crippen LogP) is 0.784. The number of carbonyl (C=O) groups excluding carboxylic acids is 2. The third kappa shape index (κ3) is 3.56. The molecular formula is C11H19N3O2. The van der Waals surface area contributed by atoms with E-state index in [9.17, 15) is 9.59 Å². The first-order valence-corrected chi connectivity index (χ1v) is 5.57. The Morgan fingerprint density at radius 2 is 1.94 bits per heavy atom. The summed E-state index contributed by atoms with van der Waals surface area (Å²) in [6, 6.07) is -0.0849. The molecule has 1 N–H and O–H groups in total. The van der Waals surface area contributed by atoms with Crippen LogP contribution in [0, 0.1) is 0 Å². The summed E-state index contributed by atoms with van der Waals surface area (Å²) in [6.45, 7) is 6.46. The number of hydrogen-bond acceptors (Lipinski definition) is 2. The Kier molecular flexibility index (Phi) is 4.82. The molecule has 1 rings (SSSR count). The molecule has 0 aromatic carbocycles. The van der Waals surface area contributed by atoms with Crippen molar-refractivity contribution in [2.45, 2.75) is 20.3 Å². The molecular weight excluding hydrogens is 206 g/mol. The quantitative estimate of drug-likeness (QED) is 0.722. The Balaban J connectivity index is 2.36. The zero-order valence-electron chi connectivity index (χ0n) is 9.90. The van der Waals surface area contributed by atoms with Gasteiger partial charge in [0.2, 0.25) is 6.41 Å². The highest BCUT2D eigenvalue weighted by molar-refractivity contribution is 5.75. The lowest BCUT2D eigenvalue weighted by Crippen LogP contribution is -2.50. The number of amides is 3. The predicted molar refractivity (Wildman–Crippen MR) is 61.8 cm³/mol. The minimum absolute atomic E-state index is 0.0849. The van der Waals surface area contributed by atoms with Crippen LogP contribution in [0.25, 0.3) is 0 Å². The van der Waals surface area contributed by atoms with Gasteiger partial charge in [0.25, 0.3) is 0 Å². The van der Waals surface area contributed by atoms with Crippen LogP contribution in [-0.2, 0) is 4.79 Å². The molecule has 0 unspecified atom stereocenters. The molecule has 1 aliphatic rings. The highest BCUT2D eigenvalue weighted by atomic mass is 16.2. The van der Waals surface area contributed by atoms with Gasteiger partial charge in [0, 0.05) is 32.4 Å². The topological polar surface area (TPSA) is 52.7 Å². The highest BCUT2D eigenvalue weighted by Gasteiger charge is 2.18. The summed E-state index contributed by atoms with van der Waals surface area (Å²) in [5, 5.41) is 2.75. The molecule has 5 nitrogen and oxygen atoms in total. The molecule has 0 bridgehead atoms. The molecule has 0 radical (unpaired) electrons. The molecule has 0 saturated carbocycles. The Hall–Kier alpha value is -1.52. The van der Waals surface area contributed by atoms with Crippen LogP contribution in [0.1, 0.15) is 20.3 Å². The van der Waals surface area contributed by atoms with E-state index in [1.165, 1.54) is 0 Å². The molecule has 0 aliphatic carbocycles. The summed E-state index contributed by atoms with van der Waals surface area (Å²) in [7, 11) is 0. The van der Waals surface area contributed by atoms with Gasteiger partial charge in [0.15, 0.2) is 0 Å². The van der Waals surface area contributed by atoms with Crippen molar-refractivity contribution in [2.24, 2.45) is 0 Å². The zero-order chi connectivity index (χ0) is 12.0. The summed E-state index contributed by atoms with van der Waals surface area (Å²) in [4.78, 5) is 25.6. The van der Waals surface area contributed by atoms with Crippen molar-refractivity contribution in [3.8, 4) is 0 Å². The Morgan fingerprint density at radius 3 is 2.44 bits per heavy atom. The van der Waals surface area contributed by atoms with E-state index in [2.05, 4.69) is 5.32 Å². The lowest BCUT2D eigenvalue weighted by Gasteiger charge is -2.32. The van der Waals surface area contributed by atoms with Gasteiger partial charge in [0.05, 0.1) is 0 Å². The number of nitrogens with one attached hydrogen (secondary N) is 1. The average Bonchev–Trinajstić information content (AvgIpc) is 2.35. The number of nitrogens with zero attached hydrogens (tertiary/aromatic N) is 2. The second-order valence-corrected chi connectivity index (χ2v) is 3.92. The van der Waals surface area contributed by atoms with Crippen LogP contribution in [0.5, 0.6) is 0 Å². The maximum atomic E-state index is 11.7. The molecule has 0 aromatic rings. The van der Waals surface area contributed by atoms with E-state index < -0.39 is 0 Å². The molecule has 0 spiro atoms. The fourth-order valence-electron chi connectivity index (χ4n) is 1.41. The molecule has 1 saturated heterocycles. The van der Waals surface area contributed by atoms with Crippen molar-refractivity contribution in [2.75, 3.05) is 26.2 Å².